The fourth-order valence-corrected chi connectivity index (χ4v) is 3.66. The summed E-state index contributed by atoms with van der Waals surface area (Å²) in [4.78, 5) is 13.4. The minimum absolute atomic E-state index is 0.360. The van der Waals surface area contributed by atoms with E-state index < -0.39 is 0 Å². The van der Waals surface area contributed by atoms with Gasteiger partial charge in [0.2, 0.25) is 11.8 Å². The molecule has 0 amide bonds. The Labute approximate surface area is 143 Å². The molecule has 7 heteroatoms. The Balaban J connectivity index is 1.79. The molecule has 2 atom stereocenters. The normalized spacial score (nSPS) is 21.7. The second kappa shape index (κ2) is 7.17. The van der Waals surface area contributed by atoms with Gasteiger partial charge in [0.05, 0.1) is 18.8 Å². The monoisotopic (exact) mass is 330 g/mol. The molecule has 0 saturated carbocycles. The average Bonchev–Trinajstić information content (AvgIpc) is 3.01. The molecule has 7 nitrogen and oxygen atoms in total. The molecule has 0 aliphatic carbocycles. The first-order valence-electron chi connectivity index (χ1n) is 8.36. The van der Waals surface area contributed by atoms with Gasteiger partial charge >= 0.3 is 0 Å². The fourth-order valence-electron chi connectivity index (χ4n) is 3.66. The van der Waals surface area contributed by atoms with E-state index in [1.165, 1.54) is 18.5 Å². The highest BCUT2D eigenvalue weighted by Gasteiger charge is 2.33. The maximum Gasteiger partial charge on any atom is 0.228 e. The van der Waals surface area contributed by atoms with Crippen molar-refractivity contribution < 1.29 is 4.74 Å². The molecule has 24 heavy (non-hydrogen) atoms. The first-order valence-corrected chi connectivity index (χ1v) is 8.36. The maximum absolute atomic E-state index is 5.21. The summed E-state index contributed by atoms with van der Waals surface area (Å²) in [5, 5.41) is 4.36. The molecular formula is C17H26N6O. The van der Waals surface area contributed by atoms with Gasteiger partial charge in [-0.05, 0) is 38.4 Å². The molecule has 0 bridgehead atoms. The maximum atomic E-state index is 5.21. The predicted molar refractivity (Wildman–Crippen MR) is 93.2 cm³/mol. The Morgan fingerprint density at radius 1 is 1.29 bits per heavy atom. The lowest BCUT2D eigenvalue weighted by molar-refractivity contribution is 0.117. The summed E-state index contributed by atoms with van der Waals surface area (Å²) < 4.78 is 7.20. The number of methoxy groups -OCH3 is 1. The Morgan fingerprint density at radius 3 is 2.83 bits per heavy atom. The van der Waals surface area contributed by atoms with Crippen LogP contribution in [0, 0.1) is 5.92 Å². The van der Waals surface area contributed by atoms with E-state index in [1.54, 1.807) is 19.4 Å². The second-order valence-corrected chi connectivity index (χ2v) is 6.49. The quantitative estimate of drug-likeness (QED) is 0.832. The molecule has 3 rings (SSSR count). The highest BCUT2D eigenvalue weighted by Crippen LogP contribution is 2.35. The summed E-state index contributed by atoms with van der Waals surface area (Å²) in [5.74, 6) is 1.79. The summed E-state index contributed by atoms with van der Waals surface area (Å²) in [7, 11) is 7.89. The average molecular weight is 330 g/mol. The first-order chi connectivity index (χ1) is 11.6. The van der Waals surface area contributed by atoms with Crippen LogP contribution in [0.3, 0.4) is 0 Å². The number of rotatable bonds is 5. The number of ether oxygens (including phenoxy) is 1. The summed E-state index contributed by atoms with van der Waals surface area (Å²) in [6.45, 7) is 2.01. The number of hydrogen-bond donors (Lipinski definition) is 0. The van der Waals surface area contributed by atoms with Crippen molar-refractivity contribution in [1.82, 2.24) is 24.6 Å². The number of piperidine rings is 1. The number of likely N-dealkylation sites (tertiary alicyclic amines) is 1. The van der Waals surface area contributed by atoms with Crippen molar-refractivity contribution in [3.05, 3.63) is 30.2 Å². The Morgan fingerprint density at radius 2 is 2.12 bits per heavy atom. The van der Waals surface area contributed by atoms with Gasteiger partial charge in [0, 0.05) is 39.1 Å². The first kappa shape index (κ1) is 16.7. The molecular weight excluding hydrogens is 304 g/mol. The van der Waals surface area contributed by atoms with E-state index in [0.717, 1.165) is 13.1 Å². The van der Waals surface area contributed by atoms with Gasteiger partial charge < -0.3 is 9.64 Å². The predicted octanol–water partition coefficient (Wildman–Crippen LogP) is 1.74. The van der Waals surface area contributed by atoms with E-state index in [1.807, 2.05) is 25.0 Å². The standard InChI is InChI=1S/C17H26N6O/c1-21-11-5-6-13(16(21)14-7-10-19-23(14)3)12-22(2)17-18-9-8-15(20-17)24-4/h7-10,13,16H,5-6,11-12H2,1-4H3/t13-,16+/m0/s1. The van der Waals surface area contributed by atoms with Crippen LogP contribution in [-0.2, 0) is 7.05 Å². The van der Waals surface area contributed by atoms with E-state index in [0.29, 0.717) is 23.8 Å². The Kier molecular flexibility index (Phi) is 4.99. The Bertz CT molecular complexity index is 673. The zero-order valence-electron chi connectivity index (χ0n) is 14.9. The summed E-state index contributed by atoms with van der Waals surface area (Å²) in [6, 6.07) is 4.26. The molecule has 0 radical (unpaired) electrons. The van der Waals surface area contributed by atoms with E-state index in [9.17, 15) is 0 Å². The van der Waals surface area contributed by atoms with Crippen LogP contribution < -0.4 is 9.64 Å². The van der Waals surface area contributed by atoms with Crippen LogP contribution in [0.15, 0.2) is 24.5 Å². The third kappa shape index (κ3) is 3.36. The molecule has 0 aromatic carbocycles. The summed E-state index contributed by atoms with van der Waals surface area (Å²) >= 11 is 0. The Hall–Kier alpha value is -2.15. The van der Waals surface area contributed by atoms with Crippen LogP contribution in [0.5, 0.6) is 5.88 Å². The number of nitrogens with zero attached hydrogens (tertiary/aromatic N) is 6. The topological polar surface area (TPSA) is 59.3 Å². The minimum Gasteiger partial charge on any atom is -0.481 e. The summed E-state index contributed by atoms with van der Waals surface area (Å²) in [5.41, 5.74) is 1.27. The van der Waals surface area contributed by atoms with Crippen molar-refractivity contribution in [2.24, 2.45) is 13.0 Å². The lowest BCUT2D eigenvalue weighted by Crippen LogP contribution is -2.42. The number of aromatic nitrogens is 4. The van der Waals surface area contributed by atoms with Crippen LogP contribution in [-0.4, -0.2) is 58.9 Å². The van der Waals surface area contributed by atoms with Gasteiger partial charge in [0.1, 0.15) is 0 Å². The molecule has 1 aliphatic rings. The van der Waals surface area contributed by atoms with Gasteiger partial charge in [-0.25, -0.2) is 4.98 Å². The van der Waals surface area contributed by atoms with Crippen molar-refractivity contribution in [2.45, 2.75) is 18.9 Å². The van der Waals surface area contributed by atoms with Crippen molar-refractivity contribution >= 4 is 5.95 Å². The van der Waals surface area contributed by atoms with Crippen LogP contribution in [0.1, 0.15) is 24.6 Å². The van der Waals surface area contributed by atoms with Gasteiger partial charge in [-0.2, -0.15) is 10.1 Å². The molecule has 0 spiro atoms. The highest BCUT2D eigenvalue weighted by molar-refractivity contribution is 5.31. The summed E-state index contributed by atoms with van der Waals surface area (Å²) in [6.07, 6.45) is 6.02. The van der Waals surface area contributed by atoms with Crippen LogP contribution in [0.2, 0.25) is 0 Å². The van der Waals surface area contributed by atoms with Crippen LogP contribution >= 0.6 is 0 Å². The third-order valence-electron chi connectivity index (χ3n) is 4.85. The lowest BCUT2D eigenvalue weighted by atomic mass is 9.87. The molecule has 130 valence electrons. The molecule has 1 saturated heterocycles. The van der Waals surface area contributed by atoms with Gasteiger partial charge in [-0.15, -0.1) is 0 Å². The van der Waals surface area contributed by atoms with E-state index >= 15 is 0 Å². The van der Waals surface area contributed by atoms with Crippen molar-refractivity contribution in [3.8, 4) is 5.88 Å². The second-order valence-electron chi connectivity index (χ2n) is 6.49. The highest BCUT2D eigenvalue weighted by atomic mass is 16.5. The fraction of sp³-hybridized carbons (Fsp3) is 0.588. The van der Waals surface area contributed by atoms with E-state index in [2.05, 4.69) is 38.0 Å². The number of hydrogen-bond acceptors (Lipinski definition) is 6. The molecule has 1 aliphatic heterocycles. The molecule has 2 aromatic heterocycles. The number of aryl methyl sites for hydroxylation is 1. The molecule has 0 N–H and O–H groups in total. The largest absolute Gasteiger partial charge is 0.481 e. The minimum atomic E-state index is 0.360. The van der Waals surface area contributed by atoms with E-state index in [-0.39, 0.29) is 0 Å². The van der Waals surface area contributed by atoms with Crippen molar-refractivity contribution in [3.63, 3.8) is 0 Å². The van der Waals surface area contributed by atoms with Gasteiger partial charge in [-0.3, -0.25) is 9.58 Å². The number of anilines is 1. The van der Waals surface area contributed by atoms with Crippen LogP contribution in [0.25, 0.3) is 0 Å². The van der Waals surface area contributed by atoms with Gasteiger partial charge in [-0.1, -0.05) is 0 Å². The van der Waals surface area contributed by atoms with E-state index in [4.69, 9.17) is 4.74 Å². The third-order valence-corrected chi connectivity index (χ3v) is 4.85. The molecule has 2 aromatic rings. The van der Waals surface area contributed by atoms with Crippen molar-refractivity contribution in [2.75, 3.05) is 39.2 Å². The molecule has 3 heterocycles. The zero-order valence-corrected chi connectivity index (χ0v) is 14.9. The van der Waals surface area contributed by atoms with Gasteiger partial charge in [0.15, 0.2) is 0 Å². The van der Waals surface area contributed by atoms with Gasteiger partial charge in [0.25, 0.3) is 0 Å². The molecule has 1 fully saturated rings. The smallest absolute Gasteiger partial charge is 0.228 e. The lowest BCUT2D eigenvalue weighted by Gasteiger charge is -2.40. The van der Waals surface area contributed by atoms with Crippen LogP contribution in [0.4, 0.5) is 5.95 Å². The van der Waals surface area contributed by atoms with Crippen molar-refractivity contribution in [1.29, 1.82) is 0 Å². The SMILES string of the molecule is COc1ccnc(N(C)C[C@@H]2CCCN(C)[C@H]2c2ccnn2C)n1. The molecule has 0 unspecified atom stereocenters. The zero-order chi connectivity index (χ0) is 17.1.